The molecule has 3 N–H and O–H groups in total. The molecule has 1 aromatic carbocycles. The summed E-state index contributed by atoms with van der Waals surface area (Å²) in [5, 5.41) is 5.02. The normalized spacial score (nSPS) is 12.7. The predicted molar refractivity (Wildman–Crippen MR) is 82.6 cm³/mol. The van der Waals surface area contributed by atoms with Gasteiger partial charge in [0.25, 0.3) is 0 Å². The summed E-state index contributed by atoms with van der Waals surface area (Å²) in [6.45, 7) is 6.15. The fourth-order valence-electron chi connectivity index (χ4n) is 2.50. The van der Waals surface area contributed by atoms with E-state index in [0.29, 0.717) is 5.15 Å². The van der Waals surface area contributed by atoms with Crippen LogP contribution in [0, 0.1) is 20.8 Å². The summed E-state index contributed by atoms with van der Waals surface area (Å²) in [6.07, 6.45) is 0.722. The zero-order valence-corrected chi connectivity index (χ0v) is 13.1. The molecule has 0 aliphatic carbocycles. The van der Waals surface area contributed by atoms with Crippen LogP contribution in [-0.4, -0.2) is 9.78 Å². The molecule has 0 aliphatic heterocycles. The maximum atomic E-state index is 6.31. The van der Waals surface area contributed by atoms with Crippen LogP contribution in [0.2, 0.25) is 5.15 Å². The van der Waals surface area contributed by atoms with Crippen molar-refractivity contribution >= 4 is 11.6 Å². The van der Waals surface area contributed by atoms with Crippen molar-refractivity contribution in [2.45, 2.75) is 33.2 Å². The monoisotopic (exact) mass is 292 g/mol. The van der Waals surface area contributed by atoms with Gasteiger partial charge in [-0.25, -0.2) is 0 Å². The number of hydrogen-bond acceptors (Lipinski definition) is 3. The number of halogens is 1. The molecule has 1 heterocycles. The van der Waals surface area contributed by atoms with Crippen LogP contribution in [0.25, 0.3) is 0 Å². The second kappa shape index (κ2) is 5.95. The van der Waals surface area contributed by atoms with Crippen molar-refractivity contribution in [3.8, 4) is 0 Å². The van der Waals surface area contributed by atoms with Gasteiger partial charge in [-0.05, 0) is 38.3 Å². The first-order valence-electron chi connectivity index (χ1n) is 6.65. The van der Waals surface area contributed by atoms with Crippen molar-refractivity contribution in [2.24, 2.45) is 12.9 Å². The average molecular weight is 293 g/mol. The molecule has 2 rings (SSSR count). The van der Waals surface area contributed by atoms with Gasteiger partial charge in [-0.3, -0.25) is 16.0 Å². The maximum absolute atomic E-state index is 6.31. The number of rotatable bonds is 4. The van der Waals surface area contributed by atoms with Crippen LogP contribution in [0.4, 0.5) is 0 Å². The zero-order chi connectivity index (χ0) is 14.9. The summed E-state index contributed by atoms with van der Waals surface area (Å²) < 4.78 is 1.70. The summed E-state index contributed by atoms with van der Waals surface area (Å²) in [4.78, 5) is 0. The molecule has 2 aromatic rings. The fraction of sp³-hybridized carbons (Fsp3) is 0.400. The standard InChI is InChI=1S/C15H21ClN4/c1-9-5-6-10(2)12(7-9)14(18-17)8-13-11(3)19-20(4)15(13)16/h5-7,14,18H,8,17H2,1-4H3. The van der Waals surface area contributed by atoms with E-state index in [-0.39, 0.29) is 6.04 Å². The van der Waals surface area contributed by atoms with Crippen molar-refractivity contribution in [3.63, 3.8) is 0 Å². The molecule has 0 radical (unpaired) electrons. The Morgan fingerprint density at radius 3 is 2.60 bits per heavy atom. The van der Waals surface area contributed by atoms with Crippen LogP contribution in [0.3, 0.4) is 0 Å². The number of aromatic nitrogens is 2. The number of nitrogens with zero attached hydrogens (tertiary/aromatic N) is 2. The Hall–Kier alpha value is -1.36. The van der Waals surface area contributed by atoms with Crippen LogP contribution in [-0.2, 0) is 13.5 Å². The summed E-state index contributed by atoms with van der Waals surface area (Å²) >= 11 is 6.31. The highest BCUT2D eigenvalue weighted by Gasteiger charge is 2.19. The lowest BCUT2D eigenvalue weighted by atomic mass is 9.94. The Labute approximate surface area is 124 Å². The molecule has 0 amide bonds. The first-order chi connectivity index (χ1) is 9.43. The Morgan fingerprint density at radius 1 is 1.35 bits per heavy atom. The van der Waals surface area contributed by atoms with E-state index in [2.05, 4.69) is 42.6 Å². The lowest BCUT2D eigenvalue weighted by Crippen LogP contribution is -2.30. The van der Waals surface area contributed by atoms with Gasteiger partial charge in [0.2, 0.25) is 0 Å². The number of nitrogens with one attached hydrogen (secondary N) is 1. The second-order valence-electron chi connectivity index (χ2n) is 5.26. The minimum Gasteiger partial charge on any atom is -0.271 e. The van der Waals surface area contributed by atoms with Gasteiger partial charge in [-0.15, -0.1) is 0 Å². The van der Waals surface area contributed by atoms with Gasteiger partial charge in [0.05, 0.1) is 11.7 Å². The summed E-state index contributed by atoms with van der Waals surface area (Å²) in [7, 11) is 1.85. The van der Waals surface area contributed by atoms with E-state index in [9.17, 15) is 0 Å². The smallest absolute Gasteiger partial charge is 0.130 e. The topological polar surface area (TPSA) is 55.9 Å². The average Bonchev–Trinajstić information content (AvgIpc) is 2.65. The minimum atomic E-state index is 0.0234. The van der Waals surface area contributed by atoms with Crippen LogP contribution >= 0.6 is 11.6 Å². The van der Waals surface area contributed by atoms with Crippen molar-refractivity contribution in [1.82, 2.24) is 15.2 Å². The minimum absolute atomic E-state index is 0.0234. The second-order valence-corrected chi connectivity index (χ2v) is 5.62. The van der Waals surface area contributed by atoms with E-state index in [1.165, 1.54) is 16.7 Å². The summed E-state index contributed by atoms with van der Waals surface area (Å²) in [5.41, 5.74) is 8.53. The lowest BCUT2D eigenvalue weighted by molar-refractivity contribution is 0.548. The molecule has 108 valence electrons. The third-order valence-corrected chi connectivity index (χ3v) is 4.16. The number of benzene rings is 1. The van der Waals surface area contributed by atoms with Gasteiger partial charge < -0.3 is 0 Å². The molecule has 0 aliphatic rings. The molecule has 0 saturated carbocycles. The Balaban J connectivity index is 2.36. The molecular weight excluding hydrogens is 272 g/mol. The van der Waals surface area contributed by atoms with Crippen LogP contribution in [0.1, 0.15) is 34.0 Å². The Morgan fingerprint density at radius 2 is 2.05 bits per heavy atom. The van der Waals surface area contributed by atoms with Gasteiger partial charge >= 0.3 is 0 Å². The quantitative estimate of drug-likeness (QED) is 0.673. The molecule has 0 fully saturated rings. The largest absolute Gasteiger partial charge is 0.271 e. The molecule has 1 aromatic heterocycles. The summed E-state index contributed by atoms with van der Waals surface area (Å²) in [5.74, 6) is 5.76. The van der Waals surface area contributed by atoms with Gasteiger partial charge in [0, 0.05) is 12.6 Å². The molecular formula is C15H21ClN4. The molecule has 0 bridgehead atoms. The number of hydrazine groups is 1. The molecule has 20 heavy (non-hydrogen) atoms. The van der Waals surface area contributed by atoms with E-state index in [1.54, 1.807) is 4.68 Å². The molecule has 1 unspecified atom stereocenters. The first kappa shape index (κ1) is 15.0. The van der Waals surface area contributed by atoms with Crippen molar-refractivity contribution in [2.75, 3.05) is 0 Å². The van der Waals surface area contributed by atoms with Gasteiger partial charge in [-0.2, -0.15) is 5.10 Å². The van der Waals surface area contributed by atoms with Gasteiger partial charge in [0.1, 0.15) is 5.15 Å². The van der Waals surface area contributed by atoms with Gasteiger partial charge in [-0.1, -0.05) is 35.4 Å². The fourth-order valence-corrected chi connectivity index (χ4v) is 2.76. The van der Waals surface area contributed by atoms with Crippen molar-refractivity contribution in [3.05, 3.63) is 51.3 Å². The Kier molecular flexibility index (Phi) is 4.48. The molecule has 0 spiro atoms. The molecule has 4 nitrogen and oxygen atoms in total. The number of aryl methyl sites for hydroxylation is 4. The Bertz CT molecular complexity index is 619. The van der Waals surface area contributed by atoms with E-state index >= 15 is 0 Å². The third-order valence-electron chi connectivity index (χ3n) is 3.69. The molecule has 5 heteroatoms. The van der Waals surface area contributed by atoms with Crippen LogP contribution < -0.4 is 11.3 Å². The zero-order valence-electron chi connectivity index (χ0n) is 12.4. The third kappa shape index (κ3) is 2.87. The van der Waals surface area contributed by atoms with E-state index in [1.807, 2.05) is 14.0 Å². The molecule has 1 atom stereocenters. The van der Waals surface area contributed by atoms with Crippen molar-refractivity contribution in [1.29, 1.82) is 0 Å². The van der Waals surface area contributed by atoms with Crippen LogP contribution in [0.5, 0.6) is 0 Å². The van der Waals surface area contributed by atoms with E-state index in [4.69, 9.17) is 17.4 Å². The molecule has 0 saturated heterocycles. The number of nitrogens with two attached hydrogens (primary N) is 1. The number of hydrogen-bond donors (Lipinski definition) is 2. The first-order valence-corrected chi connectivity index (χ1v) is 7.03. The predicted octanol–water partition coefficient (Wildman–Crippen LogP) is 2.75. The summed E-state index contributed by atoms with van der Waals surface area (Å²) in [6, 6.07) is 6.41. The van der Waals surface area contributed by atoms with E-state index in [0.717, 1.165) is 17.7 Å². The highest BCUT2D eigenvalue weighted by atomic mass is 35.5. The SMILES string of the molecule is Cc1ccc(C)c(C(Cc2c(C)nn(C)c2Cl)NN)c1. The lowest BCUT2D eigenvalue weighted by Gasteiger charge is -2.19. The van der Waals surface area contributed by atoms with Gasteiger partial charge in [0.15, 0.2) is 0 Å². The highest BCUT2D eigenvalue weighted by molar-refractivity contribution is 6.30. The van der Waals surface area contributed by atoms with E-state index < -0.39 is 0 Å². The van der Waals surface area contributed by atoms with Crippen molar-refractivity contribution < 1.29 is 0 Å². The highest BCUT2D eigenvalue weighted by Crippen LogP contribution is 2.27. The maximum Gasteiger partial charge on any atom is 0.130 e. The van der Waals surface area contributed by atoms with Crippen LogP contribution in [0.15, 0.2) is 18.2 Å².